The topological polar surface area (TPSA) is 43.8 Å². The minimum absolute atomic E-state index is 0.250. The molecule has 0 aromatic heterocycles. The highest BCUT2D eigenvalue weighted by Gasteiger charge is 2.24. The van der Waals surface area contributed by atoms with E-state index in [2.05, 4.69) is 16.8 Å². The van der Waals surface area contributed by atoms with E-state index in [4.69, 9.17) is 9.90 Å². The van der Waals surface area contributed by atoms with E-state index in [9.17, 15) is 0 Å². The summed E-state index contributed by atoms with van der Waals surface area (Å²) < 4.78 is 0. The molecule has 0 atom stereocenters. The first-order valence-electron chi connectivity index (χ1n) is 5.78. The van der Waals surface area contributed by atoms with Gasteiger partial charge in [-0.2, -0.15) is 0 Å². The Morgan fingerprint density at radius 1 is 1.13 bits per heavy atom. The van der Waals surface area contributed by atoms with Crippen molar-refractivity contribution in [2.75, 3.05) is 33.2 Å². The zero-order valence-electron chi connectivity index (χ0n) is 9.56. The average Bonchev–Trinajstić information content (AvgIpc) is 2.73. The highest BCUT2D eigenvalue weighted by molar-refractivity contribution is 5.32. The van der Waals surface area contributed by atoms with E-state index in [0.29, 0.717) is 0 Å². The largest absolute Gasteiger partial charge is 0.483 e. The summed E-state index contributed by atoms with van der Waals surface area (Å²) in [6.07, 6.45) is 5.67. The van der Waals surface area contributed by atoms with Crippen molar-refractivity contribution in [3.8, 4) is 0 Å². The predicted octanol–water partition coefficient (Wildman–Crippen LogP) is 0.877. The molecule has 0 radical (unpaired) electrons. The van der Waals surface area contributed by atoms with E-state index >= 15 is 0 Å². The van der Waals surface area contributed by atoms with Crippen LogP contribution in [0.2, 0.25) is 0 Å². The Bertz CT molecular complexity index is 173. The monoisotopic (exact) mass is 214 g/mol. The molecule has 0 aliphatic carbocycles. The van der Waals surface area contributed by atoms with E-state index in [1.54, 1.807) is 0 Å². The van der Waals surface area contributed by atoms with Crippen molar-refractivity contribution in [2.45, 2.75) is 31.7 Å². The highest BCUT2D eigenvalue weighted by atomic mass is 16.3. The Labute approximate surface area is 91.9 Å². The summed E-state index contributed by atoms with van der Waals surface area (Å²) in [5.74, 6) is 0. The summed E-state index contributed by atoms with van der Waals surface area (Å²) in [7, 11) is 2.24. The van der Waals surface area contributed by atoms with Gasteiger partial charge in [0.05, 0.1) is 0 Å². The first kappa shape index (κ1) is 12.5. The van der Waals surface area contributed by atoms with Crippen LogP contribution in [-0.4, -0.2) is 60.6 Å². The first-order valence-corrected chi connectivity index (χ1v) is 5.78. The third-order valence-electron chi connectivity index (χ3n) is 3.35. The number of likely N-dealkylation sites (tertiary alicyclic amines) is 2. The summed E-state index contributed by atoms with van der Waals surface area (Å²) in [5, 5.41) is 6.89. The normalized spacial score (nSPS) is 24.6. The molecule has 1 N–H and O–H groups in total. The van der Waals surface area contributed by atoms with Crippen LogP contribution in [0, 0.1) is 0 Å². The number of piperidine rings is 1. The van der Waals surface area contributed by atoms with Gasteiger partial charge in [-0.15, -0.1) is 0 Å². The second-order valence-corrected chi connectivity index (χ2v) is 4.38. The SMILES string of the molecule is CN1CCC(N2CCCC2)CC1.O=CO. The van der Waals surface area contributed by atoms with Crippen molar-refractivity contribution in [1.29, 1.82) is 0 Å². The molecule has 2 saturated heterocycles. The molecule has 0 unspecified atom stereocenters. The van der Waals surface area contributed by atoms with E-state index in [-0.39, 0.29) is 6.47 Å². The van der Waals surface area contributed by atoms with Gasteiger partial charge in [0.15, 0.2) is 0 Å². The van der Waals surface area contributed by atoms with Crippen molar-refractivity contribution in [3.63, 3.8) is 0 Å². The molecule has 0 spiro atoms. The molecule has 15 heavy (non-hydrogen) atoms. The molecular formula is C11H22N2O2. The van der Waals surface area contributed by atoms with Crippen molar-refractivity contribution in [1.82, 2.24) is 9.80 Å². The third-order valence-corrected chi connectivity index (χ3v) is 3.35. The molecular weight excluding hydrogens is 192 g/mol. The maximum absolute atomic E-state index is 8.36. The predicted molar refractivity (Wildman–Crippen MR) is 60.0 cm³/mol. The molecule has 2 rings (SSSR count). The van der Waals surface area contributed by atoms with Crippen LogP contribution >= 0.6 is 0 Å². The number of carboxylic acid groups (broad SMARTS) is 1. The van der Waals surface area contributed by atoms with Crippen LogP contribution in [0.15, 0.2) is 0 Å². The molecule has 2 fully saturated rings. The lowest BCUT2D eigenvalue weighted by Gasteiger charge is -2.34. The number of hydrogen-bond acceptors (Lipinski definition) is 3. The van der Waals surface area contributed by atoms with Crippen molar-refractivity contribution >= 4 is 6.47 Å². The number of hydrogen-bond donors (Lipinski definition) is 1. The van der Waals surface area contributed by atoms with Crippen molar-refractivity contribution in [2.24, 2.45) is 0 Å². The zero-order valence-corrected chi connectivity index (χ0v) is 9.56. The molecule has 2 aliphatic heterocycles. The fraction of sp³-hybridized carbons (Fsp3) is 0.909. The van der Waals surface area contributed by atoms with Gasteiger partial charge in [0.1, 0.15) is 0 Å². The smallest absolute Gasteiger partial charge is 0.290 e. The summed E-state index contributed by atoms with van der Waals surface area (Å²) in [4.78, 5) is 13.5. The number of carbonyl (C=O) groups is 1. The molecule has 0 aromatic carbocycles. The minimum atomic E-state index is -0.250. The lowest BCUT2D eigenvalue weighted by molar-refractivity contribution is -0.122. The van der Waals surface area contributed by atoms with Gasteiger partial charge < -0.3 is 14.9 Å². The van der Waals surface area contributed by atoms with Gasteiger partial charge in [0.25, 0.3) is 6.47 Å². The summed E-state index contributed by atoms with van der Waals surface area (Å²) in [6.45, 7) is 5.10. The fourth-order valence-corrected chi connectivity index (χ4v) is 2.47. The molecule has 2 aliphatic rings. The van der Waals surface area contributed by atoms with Crippen LogP contribution in [0.25, 0.3) is 0 Å². The molecule has 88 valence electrons. The summed E-state index contributed by atoms with van der Waals surface area (Å²) in [5.41, 5.74) is 0. The number of rotatable bonds is 1. The standard InChI is InChI=1S/C10H20N2.CH2O2/c1-11-8-4-10(5-9-11)12-6-2-3-7-12;2-1-3/h10H,2-9H2,1H3;1H,(H,2,3). The number of nitrogens with zero attached hydrogens (tertiary/aromatic N) is 2. The van der Waals surface area contributed by atoms with Crippen LogP contribution in [0.5, 0.6) is 0 Å². The second-order valence-electron chi connectivity index (χ2n) is 4.38. The van der Waals surface area contributed by atoms with Crippen LogP contribution < -0.4 is 0 Å². The minimum Gasteiger partial charge on any atom is -0.483 e. The lowest BCUT2D eigenvalue weighted by atomic mass is 10.0. The second kappa shape index (κ2) is 6.80. The lowest BCUT2D eigenvalue weighted by Crippen LogP contribution is -2.42. The van der Waals surface area contributed by atoms with Crippen LogP contribution in [0.4, 0.5) is 0 Å². The van der Waals surface area contributed by atoms with Gasteiger partial charge in [-0.25, -0.2) is 0 Å². The molecule has 4 heteroatoms. The van der Waals surface area contributed by atoms with Crippen molar-refractivity contribution in [3.05, 3.63) is 0 Å². The highest BCUT2D eigenvalue weighted by Crippen LogP contribution is 2.19. The fourth-order valence-electron chi connectivity index (χ4n) is 2.47. The Kier molecular flexibility index (Phi) is 5.65. The molecule has 0 saturated carbocycles. The summed E-state index contributed by atoms with van der Waals surface area (Å²) in [6, 6.07) is 0.920. The Hall–Kier alpha value is -0.610. The van der Waals surface area contributed by atoms with E-state index in [1.807, 2.05) is 0 Å². The summed E-state index contributed by atoms with van der Waals surface area (Å²) >= 11 is 0. The van der Waals surface area contributed by atoms with Gasteiger partial charge in [0.2, 0.25) is 0 Å². The Balaban J connectivity index is 0.000000337. The Morgan fingerprint density at radius 3 is 2.07 bits per heavy atom. The van der Waals surface area contributed by atoms with Gasteiger partial charge in [-0.1, -0.05) is 0 Å². The maximum atomic E-state index is 8.36. The van der Waals surface area contributed by atoms with Crippen LogP contribution in [-0.2, 0) is 4.79 Å². The first-order chi connectivity index (χ1) is 7.27. The quantitative estimate of drug-likeness (QED) is 0.658. The molecule has 4 nitrogen and oxygen atoms in total. The van der Waals surface area contributed by atoms with Gasteiger partial charge in [0, 0.05) is 6.04 Å². The van der Waals surface area contributed by atoms with E-state index in [1.165, 1.54) is 51.9 Å². The maximum Gasteiger partial charge on any atom is 0.290 e. The van der Waals surface area contributed by atoms with Gasteiger partial charge in [-0.05, 0) is 58.9 Å². The average molecular weight is 214 g/mol. The van der Waals surface area contributed by atoms with Crippen LogP contribution in [0.1, 0.15) is 25.7 Å². The van der Waals surface area contributed by atoms with Gasteiger partial charge in [-0.3, -0.25) is 4.79 Å². The zero-order chi connectivity index (χ0) is 11.1. The van der Waals surface area contributed by atoms with E-state index in [0.717, 1.165) is 6.04 Å². The van der Waals surface area contributed by atoms with E-state index < -0.39 is 0 Å². The van der Waals surface area contributed by atoms with Crippen molar-refractivity contribution < 1.29 is 9.90 Å². The van der Waals surface area contributed by atoms with Crippen LogP contribution in [0.3, 0.4) is 0 Å². The molecule has 0 aromatic rings. The molecule has 0 amide bonds. The van der Waals surface area contributed by atoms with Gasteiger partial charge >= 0.3 is 0 Å². The molecule has 2 heterocycles. The Morgan fingerprint density at radius 2 is 1.60 bits per heavy atom. The third kappa shape index (κ3) is 4.18. The molecule has 0 bridgehead atoms.